The van der Waals surface area contributed by atoms with Crippen molar-refractivity contribution in [3.63, 3.8) is 0 Å². The Labute approximate surface area is 188 Å². The standard InChI is InChI=1S/C20H41N5O2.HI/c1-20(2,3)27-19(26)24-14-9-13-22-18(21-4)23-15-10-16-25(5)17-11-7-6-8-12-17;/h17H,6-16H2,1-5H3,(H,24,26)(H2,21,22,23);1H. The average molecular weight is 511 g/mol. The van der Waals surface area contributed by atoms with E-state index in [2.05, 4.69) is 32.9 Å². The highest BCUT2D eigenvalue weighted by molar-refractivity contribution is 14.0. The van der Waals surface area contributed by atoms with Crippen molar-refractivity contribution in [2.75, 3.05) is 40.3 Å². The van der Waals surface area contributed by atoms with Crippen LogP contribution >= 0.6 is 24.0 Å². The highest BCUT2D eigenvalue weighted by atomic mass is 127. The first-order valence-corrected chi connectivity index (χ1v) is 10.4. The number of ether oxygens (including phenoxy) is 1. The molecule has 8 heteroatoms. The zero-order chi connectivity index (χ0) is 20.1. The zero-order valence-corrected chi connectivity index (χ0v) is 20.8. The second kappa shape index (κ2) is 15.1. The number of nitrogens with zero attached hydrogens (tertiary/aromatic N) is 2. The van der Waals surface area contributed by atoms with Crippen LogP contribution in [-0.4, -0.2) is 68.9 Å². The van der Waals surface area contributed by atoms with Gasteiger partial charge in [0, 0.05) is 32.7 Å². The van der Waals surface area contributed by atoms with Gasteiger partial charge in [0.05, 0.1) is 0 Å². The molecule has 1 rings (SSSR count). The Morgan fingerprint density at radius 2 is 1.61 bits per heavy atom. The molecule has 28 heavy (non-hydrogen) atoms. The van der Waals surface area contributed by atoms with Crippen molar-refractivity contribution < 1.29 is 9.53 Å². The van der Waals surface area contributed by atoms with Crippen LogP contribution in [0.5, 0.6) is 0 Å². The third-order valence-corrected chi connectivity index (χ3v) is 4.72. The lowest BCUT2D eigenvalue weighted by Gasteiger charge is -2.31. The Morgan fingerprint density at radius 3 is 2.18 bits per heavy atom. The Bertz CT molecular complexity index is 448. The molecule has 0 aliphatic heterocycles. The van der Waals surface area contributed by atoms with Crippen LogP contribution in [0.4, 0.5) is 4.79 Å². The summed E-state index contributed by atoms with van der Waals surface area (Å²) in [5.74, 6) is 0.813. The number of hydrogen-bond donors (Lipinski definition) is 3. The molecule has 1 saturated carbocycles. The molecular formula is C20H42IN5O2. The first-order valence-electron chi connectivity index (χ1n) is 10.4. The SMILES string of the molecule is CN=C(NCCCNC(=O)OC(C)(C)C)NCCCN(C)C1CCCCC1.I. The molecule has 0 aromatic heterocycles. The molecule has 1 aliphatic rings. The first kappa shape index (κ1) is 27.2. The van der Waals surface area contributed by atoms with E-state index in [-0.39, 0.29) is 30.1 Å². The minimum atomic E-state index is -0.459. The van der Waals surface area contributed by atoms with Crippen LogP contribution in [0, 0.1) is 0 Å². The lowest BCUT2D eigenvalue weighted by molar-refractivity contribution is 0.0527. The number of rotatable bonds is 9. The number of alkyl carbamates (subject to hydrolysis) is 1. The number of guanidine groups is 1. The fourth-order valence-corrected chi connectivity index (χ4v) is 3.26. The van der Waals surface area contributed by atoms with E-state index < -0.39 is 5.60 Å². The van der Waals surface area contributed by atoms with Gasteiger partial charge < -0.3 is 25.6 Å². The van der Waals surface area contributed by atoms with Crippen molar-refractivity contribution in [3.05, 3.63) is 0 Å². The molecule has 3 N–H and O–H groups in total. The van der Waals surface area contributed by atoms with E-state index in [1.165, 1.54) is 32.1 Å². The van der Waals surface area contributed by atoms with E-state index in [1.807, 2.05) is 20.8 Å². The summed E-state index contributed by atoms with van der Waals surface area (Å²) in [6.07, 6.45) is 8.42. The van der Waals surface area contributed by atoms with Gasteiger partial charge in [-0.1, -0.05) is 19.3 Å². The van der Waals surface area contributed by atoms with Crippen molar-refractivity contribution in [3.8, 4) is 0 Å². The summed E-state index contributed by atoms with van der Waals surface area (Å²) in [7, 11) is 4.03. The average Bonchev–Trinajstić information content (AvgIpc) is 2.62. The first-order chi connectivity index (χ1) is 12.8. The van der Waals surface area contributed by atoms with Gasteiger partial charge in [0.25, 0.3) is 0 Å². The van der Waals surface area contributed by atoms with Gasteiger partial charge >= 0.3 is 6.09 Å². The number of halogens is 1. The van der Waals surface area contributed by atoms with Crippen LogP contribution in [0.15, 0.2) is 4.99 Å². The molecule has 0 bridgehead atoms. The second-order valence-electron chi connectivity index (χ2n) is 8.33. The summed E-state index contributed by atoms with van der Waals surface area (Å²) in [6, 6.07) is 0.772. The van der Waals surface area contributed by atoms with Gasteiger partial charge in [-0.15, -0.1) is 24.0 Å². The molecule has 0 radical (unpaired) electrons. The molecule has 166 valence electrons. The maximum absolute atomic E-state index is 11.6. The van der Waals surface area contributed by atoms with Crippen LogP contribution < -0.4 is 16.0 Å². The van der Waals surface area contributed by atoms with Gasteiger partial charge in [0.15, 0.2) is 5.96 Å². The quantitative estimate of drug-likeness (QED) is 0.192. The number of nitrogens with one attached hydrogen (secondary N) is 3. The van der Waals surface area contributed by atoms with Gasteiger partial charge in [-0.05, 0) is 60.0 Å². The summed E-state index contributed by atoms with van der Waals surface area (Å²) >= 11 is 0. The minimum absolute atomic E-state index is 0. The summed E-state index contributed by atoms with van der Waals surface area (Å²) in [5, 5.41) is 9.39. The lowest BCUT2D eigenvalue weighted by Crippen LogP contribution is -2.41. The van der Waals surface area contributed by atoms with Crippen LogP contribution in [0.2, 0.25) is 0 Å². The number of carbonyl (C=O) groups is 1. The maximum Gasteiger partial charge on any atom is 0.407 e. The Balaban J connectivity index is 0.00000729. The fraction of sp³-hybridized carbons (Fsp3) is 0.900. The number of amides is 1. The van der Waals surface area contributed by atoms with Crippen LogP contribution in [0.1, 0.15) is 65.7 Å². The number of carbonyl (C=O) groups excluding carboxylic acids is 1. The monoisotopic (exact) mass is 511 g/mol. The molecule has 0 aromatic rings. The molecule has 0 aromatic carbocycles. The summed E-state index contributed by atoms with van der Waals surface area (Å²) < 4.78 is 5.20. The molecule has 7 nitrogen and oxygen atoms in total. The van der Waals surface area contributed by atoms with Gasteiger partial charge in [0.2, 0.25) is 0 Å². The smallest absolute Gasteiger partial charge is 0.407 e. The van der Waals surface area contributed by atoms with E-state index in [1.54, 1.807) is 7.05 Å². The molecule has 0 heterocycles. The molecular weight excluding hydrogens is 469 g/mol. The molecule has 1 aliphatic carbocycles. The van der Waals surface area contributed by atoms with Crippen molar-refractivity contribution in [2.24, 2.45) is 4.99 Å². The molecule has 1 amide bonds. The predicted octanol–water partition coefficient (Wildman–Crippen LogP) is 3.34. The molecule has 0 atom stereocenters. The Hall–Kier alpha value is -0.770. The second-order valence-corrected chi connectivity index (χ2v) is 8.33. The van der Waals surface area contributed by atoms with Gasteiger partial charge in [-0.3, -0.25) is 4.99 Å². The highest BCUT2D eigenvalue weighted by Gasteiger charge is 2.17. The van der Waals surface area contributed by atoms with Crippen LogP contribution in [0.3, 0.4) is 0 Å². The lowest BCUT2D eigenvalue weighted by atomic mass is 9.94. The minimum Gasteiger partial charge on any atom is -0.444 e. The molecule has 0 saturated heterocycles. The van der Waals surface area contributed by atoms with E-state index in [0.717, 1.165) is 44.5 Å². The predicted molar refractivity (Wildman–Crippen MR) is 128 cm³/mol. The van der Waals surface area contributed by atoms with Crippen molar-refractivity contribution >= 4 is 36.0 Å². The van der Waals surface area contributed by atoms with Crippen molar-refractivity contribution in [1.29, 1.82) is 0 Å². The Kier molecular flexibility index (Phi) is 14.7. The van der Waals surface area contributed by atoms with E-state index in [0.29, 0.717) is 6.54 Å². The molecule has 1 fully saturated rings. The van der Waals surface area contributed by atoms with E-state index >= 15 is 0 Å². The van der Waals surface area contributed by atoms with E-state index in [9.17, 15) is 4.79 Å². The van der Waals surface area contributed by atoms with Gasteiger partial charge in [0.1, 0.15) is 5.60 Å². The van der Waals surface area contributed by atoms with Crippen molar-refractivity contribution in [2.45, 2.75) is 77.4 Å². The summed E-state index contributed by atoms with van der Waals surface area (Å²) in [4.78, 5) is 18.3. The maximum atomic E-state index is 11.6. The van der Waals surface area contributed by atoms with Gasteiger partial charge in [-0.2, -0.15) is 0 Å². The van der Waals surface area contributed by atoms with Crippen molar-refractivity contribution in [1.82, 2.24) is 20.9 Å². The third-order valence-electron chi connectivity index (χ3n) is 4.72. The van der Waals surface area contributed by atoms with Crippen LogP contribution in [-0.2, 0) is 4.74 Å². The van der Waals surface area contributed by atoms with Crippen LogP contribution in [0.25, 0.3) is 0 Å². The molecule has 0 unspecified atom stereocenters. The topological polar surface area (TPSA) is 78.0 Å². The summed E-state index contributed by atoms with van der Waals surface area (Å²) in [6.45, 7) is 8.92. The van der Waals surface area contributed by atoms with E-state index in [4.69, 9.17) is 4.74 Å². The van der Waals surface area contributed by atoms with Gasteiger partial charge in [-0.25, -0.2) is 4.79 Å². The normalized spacial score (nSPS) is 15.7. The zero-order valence-electron chi connectivity index (χ0n) is 18.5. The Morgan fingerprint density at radius 1 is 1.04 bits per heavy atom. The third kappa shape index (κ3) is 13.4. The largest absolute Gasteiger partial charge is 0.444 e. The fourth-order valence-electron chi connectivity index (χ4n) is 3.26. The summed E-state index contributed by atoms with van der Waals surface area (Å²) in [5.41, 5.74) is -0.459. The number of hydrogen-bond acceptors (Lipinski definition) is 4. The number of aliphatic imine (C=N–C) groups is 1. The molecule has 0 spiro atoms. The highest BCUT2D eigenvalue weighted by Crippen LogP contribution is 2.21.